The van der Waals surface area contributed by atoms with Gasteiger partial charge in [0.2, 0.25) is 0 Å². The number of nitrogens with one attached hydrogen (secondary N) is 1. The Kier molecular flexibility index (Phi) is 6.29. The molecule has 1 aromatic carbocycles. The molecule has 3 rings (SSSR count). The van der Waals surface area contributed by atoms with Crippen LogP contribution in [0.1, 0.15) is 31.2 Å². The molecule has 0 atom stereocenters. The zero-order chi connectivity index (χ0) is 15.0. The second-order valence-corrected chi connectivity index (χ2v) is 6.96. The highest BCUT2D eigenvalue weighted by Crippen LogP contribution is 2.27. The molecule has 0 spiro atoms. The molecule has 0 bridgehead atoms. The molecule has 1 aromatic rings. The smallest absolute Gasteiger partial charge is 0.0234 e. The molecule has 2 aliphatic rings. The topological polar surface area (TPSA) is 18.5 Å². The summed E-state index contributed by atoms with van der Waals surface area (Å²) in [7, 11) is 0. The Morgan fingerprint density at radius 2 is 1.64 bits per heavy atom. The summed E-state index contributed by atoms with van der Waals surface area (Å²) >= 11 is 0. The SMILES string of the molecule is c1ccc(CN2CCN(CCCCNCC3CC3)CC2)cc1. The predicted octanol–water partition coefficient (Wildman–Crippen LogP) is 2.58. The van der Waals surface area contributed by atoms with Gasteiger partial charge in [-0.05, 0) is 56.8 Å². The van der Waals surface area contributed by atoms with Gasteiger partial charge in [0.1, 0.15) is 0 Å². The van der Waals surface area contributed by atoms with Gasteiger partial charge in [0.05, 0.1) is 0 Å². The Hall–Kier alpha value is -0.900. The van der Waals surface area contributed by atoms with Crippen molar-refractivity contribution in [3.8, 4) is 0 Å². The van der Waals surface area contributed by atoms with Crippen LogP contribution >= 0.6 is 0 Å². The zero-order valence-corrected chi connectivity index (χ0v) is 13.8. The molecule has 3 heteroatoms. The van der Waals surface area contributed by atoms with Gasteiger partial charge in [-0.25, -0.2) is 0 Å². The van der Waals surface area contributed by atoms with E-state index in [0.29, 0.717) is 0 Å². The predicted molar refractivity (Wildman–Crippen MR) is 93.0 cm³/mol. The minimum atomic E-state index is 1.01. The lowest BCUT2D eigenvalue weighted by molar-refractivity contribution is 0.125. The first kappa shape index (κ1) is 16.0. The van der Waals surface area contributed by atoms with Gasteiger partial charge in [-0.2, -0.15) is 0 Å². The van der Waals surface area contributed by atoms with Crippen molar-refractivity contribution < 1.29 is 0 Å². The highest BCUT2D eigenvalue weighted by Gasteiger charge is 2.20. The standard InChI is InChI=1S/C19H31N3/c1-2-6-19(7-3-1)17-22-14-12-21(13-15-22)11-5-4-10-20-16-18-8-9-18/h1-3,6-7,18,20H,4-5,8-17H2. The molecule has 0 amide bonds. The van der Waals surface area contributed by atoms with Crippen LogP contribution in [0.3, 0.4) is 0 Å². The van der Waals surface area contributed by atoms with Gasteiger partial charge in [-0.15, -0.1) is 0 Å². The first-order valence-corrected chi connectivity index (χ1v) is 9.09. The van der Waals surface area contributed by atoms with Crippen LogP contribution in [0.25, 0.3) is 0 Å². The van der Waals surface area contributed by atoms with E-state index in [1.165, 1.54) is 77.1 Å². The first-order chi connectivity index (χ1) is 10.9. The van der Waals surface area contributed by atoms with Crippen molar-refractivity contribution in [3.05, 3.63) is 35.9 Å². The summed E-state index contributed by atoms with van der Waals surface area (Å²) in [5, 5.41) is 3.59. The van der Waals surface area contributed by atoms with Gasteiger partial charge in [-0.3, -0.25) is 4.90 Å². The molecule has 3 nitrogen and oxygen atoms in total. The van der Waals surface area contributed by atoms with Crippen LogP contribution in [0.15, 0.2) is 30.3 Å². The fourth-order valence-electron chi connectivity index (χ4n) is 3.23. The minimum absolute atomic E-state index is 1.01. The summed E-state index contributed by atoms with van der Waals surface area (Å²) in [5.41, 5.74) is 1.44. The van der Waals surface area contributed by atoms with Crippen LogP contribution in [0.2, 0.25) is 0 Å². The minimum Gasteiger partial charge on any atom is -0.316 e. The van der Waals surface area contributed by atoms with E-state index in [2.05, 4.69) is 45.4 Å². The Balaban J connectivity index is 1.22. The number of hydrogen-bond donors (Lipinski definition) is 1. The summed E-state index contributed by atoms with van der Waals surface area (Å²) in [6.07, 6.45) is 5.59. The van der Waals surface area contributed by atoms with Gasteiger partial charge in [-0.1, -0.05) is 30.3 Å². The van der Waals surface area contributed by atoms with Gasteiger partial charge in [0.15, 0.2) is 0 Å². The molecular formula is C19H31N3. The Labute approximate surface area is 135 Å². The molecule has 0 radical (unpaired) electrons. The molecule has 1 saturated heterocycles. The third kappa shape index (κ3) is 5.71. The van der Waals surface area contributed by atoms with Gasteiger partial charge < -0.3 is 10.2 Å². The monoisotopic (exact) mass is 301 g/mol. The Bertz CT molecular complexity index is 408. The van der Waals surface area contributed by atoms with Crippen molar-refractivity contribution in [2.24, 2.45) is 5.92 Å². The first-order valence-electron chi connectivity index (χ1n) is 9.09. The second-order valence-electron chi connectivity index (χ2n) is 6.96. The molecule has 2 fully saturated rings. The molecule has 0 aromatic heterocycles. The molecule has 122 valence electrons. The largest absolute Gasteiger partial charge is 0.316 e. The molecule has 22 heavy (non-hydrogen) atoms. The van der Waals surface area contributed by atoms with Crippen molar-refractivity contribution in [1.82, 2.24) is 15.1 Å². The maximum atomic E-state index is 3.59. The highest BCUT2D eigenvalue weighted by atomic mass is 15.3. The van der Waals surface area contributed by atoms with E-state index < -0.39 is 0 Å². The van der Waals surface area contributed by atoms with Crippen molar-refractivity contribution in [2.75, 3.05) is 45.8 Å². The van der Waals surface area contributed by atoms with Crippen LogP contribution in [-0.2, 0) is 6.54 Å². The second kappa shape index (κ2) is 8.66. The molecule has 1 saturated carbocycles. The maximum Gasteiger partial charge on any atom is 0.0234 e. The van der Waals surface area contributed by atoms with E-state index in [0.717, 1.165) is 12.5 Å². The van der Waals surface area contributed by atoms with E-state index in [1.807, 2.05) is 0 Å². The summed E-state index contributed by atoms with van der Waals surface area (Å²) in [6, 6.07) is 10.9. The van der Waals surface area contributed by atoms with Crippen molar-refractivity contribution >= 4 is 0 Å². The summed E-state index contributed by atoms with van der Waals surface area (Å²) in [4.78, 5) is 5.23. The fourth-order valence-corrected chi connectivity index (χ4v) is 3.23. The third-order valence-electron chi connectivity index (χ3n) is 4.92. The van der Waals surface area contributed by atoms with Gasteiger partial charge in [0, 0.05) is 32.7 Å². The summed E-state index contributed by atoms with van der Waals surface area (Å²) < 4.78 is 0. The lowest BCUT2D eigenvalue weighted by atomic mass is 10.2. The number of rotatable bonds is 9. The highest BCUT2D eigenvalue weighted by molar-refractivity contribution is 5.14. The van der Waals surface area contributed by atoms with Crippen LogP contribution in [0, 0.1) is 5.92 Å². The number of hydrogen-bond acceptors (Lipinski definition) is 3. The lowest BCUT2D eigenvalue weighted by Crippen LogP contribution is -2.46. The van der Waals surface area contributed by atoms with Crippen molar-refractivity contribution in [2.45, 2.75) is 32.2 Å². The number of unbranched alkanes of at least 4 members (excludes halogenated alkanes) is 1. The number of nitrogens with zero attached hydrogens (tertiary/aromatic N) is 2. The lowest BCUT2D eigenvalue weighted by Gasteiger charge is -2.34. The molecule has 1 heterocycles. The molecule has 1 N–H and O–H groups in total. The van der Waals surface area contributed by atoms with Crippen LogP contribution in [0.5, 0.6) is 0 Å². The van der Waals surface area contributed by atoms with E-state index in [-0.39, 0.29) is 0 Å². The number of piperazine rings is 1. The number of benzene rings is 1. The molecule has 1 aliphatic carbocycles. The maximum absolute atomic E-state index is 3.59. The summed E-state index contributed by atoms with van der Waals surface area (Å²) in [6.45, 7) is 9.78. The van der Waals surface area contributed by atoms with Crippen LogP contribution in [-0.4, -0.2) is 55.6 Å². The third-order valence-corrected chi connectivity index (χ3v) is 4.92. The molecular weight excluding hydrogens is 270 g/mol. The van der Waals surface area contributed by atoms with Crippen molar-refractivity contribution in [3.63, 3.8) is 0 Å². The molecule has 1 aliphatic heterocycles. The Morgan fingerprint density at radius 1 is 0.909 bits per heavy atom. The average Bonchev–Trinajstić information content (AvgIpc) is 3.38. The van der Waals surface area contributed by atoms with Gasteiger partial charge in [0.25, 0.3) is 0 Å². The Morgan fingerprint density at radius 3 is 2.36 bits per heavy atom. The zero-order valence-electron chi connectivity index (χ0n) is 13.8. The van der Waals surface area contributed by atoms with E-state index >= 15 is 0 Å². The fraction of sp³-hybridized carbons (Fsp3) is 0.684. The summed E-state index contributed by atoms with van der Waals surface area (Å²) in [5.74, 6) is 1.01. The van der Waals surface area contributed by atoms with Crippen LogP contribution < -0.4 is 5.32 Å². The molecule has 0 unspecified atom stereocenters. The van der Waals surface area contributed by atoms with Crippen LogP contribution in [0.4, 0.5) is 0 Å². The van der Waals surface area contributed by atoms with E-state index in [1.54, 1.807) is 0 Å². The van der Waals surface area contributed by atoms with Crippen molar-refractivity contribution in [1.29, 1.82) is 0 Å². The van der Waals surface area contributed by atoms with E-state index in [9.17, 15) is 0 Å². The average molecular weight is 301 g/mol. The normalized spacial score (nSPS) is 20.4. The quantitative estimate of drug-likeness (QED) is 0.707. The van der Waals surface area contributed by atoms with E-state index in [4.69, 9.17) is 0 Å². The van der Waals surface area contributed by atoms with Gasteiger partial charge >= 0.3 is 0 Å².